The van der Waals surface area contributed by atoms with Crippen molar-refractivity contribution >= 4 is 31.9 Å². The van der Waals surface area contributed by atoms with Crippen LogP contribution < -0.4 is 0 Å². The lowest BCUT2D eigenvalue weighted by molar-refractivity contribution is 1.18. The highest BCUT2D eigenvalue weighted by atomic mass is 79.9. The van der Waals surface area contributed by atoms with Gasteiger partial charge in [-0.05, 0) is 22.3 Å². The summed E-state index contributed by atoms with van der Waals surface area (Å²) >= 11 is 7.39. The summed E-state index contributed by atoms with van der Waals surface area (Å²) in [5.74, 6) is 0. The van der Waals surface area contributed by atoms with E-state index in [4.69, 9.17) is 0 Å². The summed E-state index contributed by atoms with van der Waals surface area (Å²) in [7, 11) is 0. The van der Waals surface area contributed by atoms with Crippen LogP contribution in [0.25, 0.3) is 0 Å². The van der Waals surface area contributed by atoms with Crippen LogP contribution in [0.3, 0.4) is 0 Å². The Bertz CT molecular complexity index is 763. The lowest BCUT2D eigenvalue weighted by atomic mass is 10.1. The molecule has 140 valence electrons. The predicted octanol–water partition coefficient (Wildman–Crippen LogP) is 8.34. The van der Waals surface area contributed by atoms with Gasteiger partial charge in [-0.3, -0.25) is 0 Å². The summed E-state index contributed by atoms with van der Waals surface area (Å²) in [5.41, 5.74) is 5.16. The standard InChI is InChI=1S/2C13H11Br/c2*14-13(11-7-3-1-4-8-11)12-9-5-2-6-10-12/h2*1-10,13H. The summed E-state index contributed by atoms with van der Waals surface area (Å²) in [6, 6.07) is 41.7. The van der Waals surface area contributed by atoms with Gasteiger partial charge in [-0.15, -0.1) is 0 Å². The van der Waals surface area contributed by atoms with Gasteiger partial charge in [-0.1, -0.05) is 153 Å². The molecule has 0 heterocycles. The molecular formula is C26H22Br2. The van der Waals surface area contributed by atoms with Gasteiger partial charge >= 0.3 is 0 Å². The van der Waals surface area contributed by atoms with Crippen LogP contribution in [0.2, 0.25) is 0 Å². The van der Waals surface area contributed by atoms with Crippen molar-refractivity contribution < 1.29 is 0 Å². The van der Waals surface area contributed by atoms with Gasteiger partial charge in [0, 0.05) is 0 Å². The number of hydrogen-bond acceptors (Lipinski definition) is 0. The number of hydrogen-bond donors (Lipinski definition) is 0. The van der Waals surface area contributed by atoms with Gasteiger partial charge in [0.15, 0.2) is 0 Å². The van der Waals surface area contributed by atoms with Crippen LogP contribution in [0.4, 0.5) is 0 Å². The molecule has 0 bridgehead atoms. The fourth-order valence-corrected chi connectivity index (χ4v) is 4.09. The first kappa shape index (κ1) is 20.6. The summed E-state index contributed by atoms with van der Waals surface area (Å²) in [5, 5.41) is 0. The first-order valence-corrected chi connectivity index (χ1v) is 11.1. The maximum Gasteiger partial charge on any atom is 0.0644 e. The zero-order valence-corrected chi connectivity index (χ0v) is 18.6. The van der Waals surface area contributed by atoms with Crippen molar-refractivity contribution in [1.82, 2.24) is 0 Å². The van der Waals surface area contributed by atoms with E-state index in [0.29, 0.717) is 9.65 Å². The van der Waals surface area contributed by atoms with Crippen LogP contribution in [0, 0.1) is 0 Å². The van der Waals surface area contributed by atoms with E-state index in [2.05, 4.69) is 129 Å². The highest BCUT2D eigenvalue weighted by Crippen LogP contribution is 2.30. The van der Waals surface area contributed by atoms with Crippen molar-refractivity contribution in [3.05, 3.63) is 144 Å². The van der Waals surface area contributed by atoms with Crippen LogP contribution >= 0.6 is 31.9 Å². The Balaban J connectivity index is 0.000000161. The first-order chi connectivity index (χ1) is 13.8. The Morgan fingerprint density at radius 3 is 0.679 bits per heavy atom. The molecule has 0 saturated heterocycles. The Hall–Kier alpha value is -2.16. The van der Waals surface area contributed by atoms with Gasteiger partial charge in [-0.2, -0.15) is 0 Å². The lowest BCUT2D eigenvalue weighted by Crippen LogP contribution is -1.90. The van der Waals surface area contributed by atoms with Gasteiger partial charge in [0.05, 0.1) is 9.65 Å². The third kappa shape index (κ3) is 5.92. The second kappa shape index (κ2) is 11.0. The molecule has 0 amide bonds. The molecule has 0 nitrogen and oxygen atoms in total. The van der Waals surface area contributed by atoms with Crippen LogP contribution in [-0.2, 0) is 0 Å². The maximum absolute atomic E-state index is 3.69. The Kier molecular flexibility index (Phi) is 8.07. The molecule has 2 heteroatoms. The van der Waals surface area contributed by atoms with E-state index in [1.165, 1.54) is 22.3 Å². The minimum Gasteiger partial charge on any atom is -0.0786 e. The molecule has 0 aliphatic heterocycles. The smallest absolute Gasteiger partial charge is 0.0644 e. The lowest BCUT2D eigenvalue weighted by Gasteiger charge is -2.09. The molecule has 0 saturated carbocycles. The van der Waals surface area contributed by atoms with Gasteiger partial charge in [0.1, 0.15) is 0 Å². The van der Waals surface area contributed by atoms with Crippen LogP contribution in [-0.4, -0.2) is 0 Å². The highest BCUT2D eigenvalue weighted by molar-refractivity contribution is 9.09. The quantitative estimate of drug-likeness (QED) is 0.250. The van der Waals surface area contributed by atoms with Crippen molar-refractivity contribution in [2.45, 2.75) is 9.65 Å². The van der Waals surface area contributed by atoms with E-state index < -0.39 is 0 Å². The molecule has 0 spiro atoms. The molecule has 4 aromatic carbocycles. The monoisotopic (exact) mass is 492 g/mol. The summed E-state index contributed by atoms with van der Waals surface area (Å²) in [6.07, 6.45) is 0. The molecule has 0 aliphatic carbocycles. The number of benzene rings is 4. The number of rotatable bonds is 4. The van der Waals surface area contributed by atoms with Gasteiger partial charge < -0.3 is 0 Å². The van der Waals surface area contributed by atoms with E-state index in [1.54, 1.807) is 0 Å². The molecule has 0 fully saturated rings. The highest BCUT2D eigenvalue weighted by Gasteiger charge is 2.08. The van der Waals surface area contributed by atoms with Crippen molar-refractivity contribution in [2.75, 3.05) is 0 Å². The SMILES string of the molecule is BrC(c1ccccc1)c1ccccc1.BrC(c1ccccc1)c1ccccc1. The second-order valence-electron chi connectivity index (χ2n) is 6.37. The normalized spacial score (nSPS) is 10.4. The second-order valence-corrected chi connectivity index (χ2v) is 8.20. The molecule has 28 heavy (non-hydrogen) atoms. The summed E-state index contributed by atoms with van der Waals surface area (Å²) < 4.78 is 0. The van der Waals surface area contributed by atoms with Crippen molar-refractivity contribution in [1.29, 1.82) is 0 Å². The molecule has 0 atom stereocenters. The molecule has 0 aromatic heterocycles. The van der Waals surface area contributed by atoms with Crippen LogP contribution in [0.15, 0.2) is 121 Å². The third-order valence-electron chi connectivity index (χ3n) is 4.37. The van der Waals surface area contributed by atoms with Crippen molar-refractivity contribution in [3.63, 3.8) is 0 Å². The van der Waals surface area contributed by atoms with Gasteiger partial charge in [0.2, 0.25) is 0 Å². The molecule has 4 aromatic rings. The predicted molar refractivity (Wildman–Crippen MR) is 127 cm³/mol. The van der Waals surface area contributed by atoms with E-state index in [9.17, 15) is 0 Å². The number of halogens is 2. The van der Waals surface area contributed by atoms with E-state index >= 15 is 0 Å². The summed E-state index contributed by atoms with van der Waals surface area (Å²) in [4.78, 5) is 0.592. The number of alkyl halides is 2. The van der Waals surface area contributed by atoms with Crippen molar-refractivity contribution in [2.24, 2.45) is 0 Å². The molecular weight excluding hydrogens is 472 g/mol. The van der Waals surface area contributed by atoms with E-state index in [-0.39, 0.29) is 0 Å². The molecule has 4 rings (SSSR count). The van der Waals surface area contributed by atoms with Gasteiger partial charge in [0.25, 0.3) is 0 Å². The van der Waals surface area contributed by atoms with Crippen LogP contribution in [0.1, 0.15) is 31.9 Å². The Morgan fingerprint density at radius 2 is 0.500 bits per heavy atom. The zero-order chi connectivity index (χ0) is 19.6. The topological polar surface area (TPSA) is 0 Å². The summed E-state index contributed by atoms with van der Waals surface area (Å²) in [6.45, 7) is 0. The largest absolute Gasteiger partial charge is 0.0786 e. The first-order valence-electron chi connectivity index (χ1n) is 9.23. The zero-order valence-electron chi connectivity index (χ0n) is 15.5. The van der Waals surface area contributed by atoms with Crippen LogP contribution in [0.5, 0.6) is 0 Å². The third-order valence-corrected chi connectivity index (χ3v) is 6.48. The van der Waals surface area contributed by atoms with E-state index in [0.717, 1.165) is 0 Å². The minimum absolute atomic E-state index is 0.296. The molecule has 0 radical (unpaired) electrons. The molecule has 0 unspecified atom stereocenters. The van der Waals surface area contributed by atoms with Gasteiger partial charge in [-0.25, -0.2) is 0 Å². The Morgan fingerprint density at radius 1 is 0.321 bits per heavy atom. The van der Waals surface area contributed by atoms with Crippen molar-refractivity contribution in [3.8, 4) is 0 Å². The minimum atomic E-state index is 0.296. The fraction of sp³-hybridized carbons (Fsp3) is 0.0769. The Labute approximate surface area is 184 Å². The van der Waals surface area contributed by atoms with E-state index in [1.807, 2.05) is 24.3 Å². The maximum atomic E-state index is 3.69. The average molecular weight is 494 g/mol. The fourth-order valence-electron chi connectivity index (χ4n) is 2.87. The average Bonchev–Trinajstić information content (AvgIpc) is 2.81. The molecule has 0 N–H and O–H groups in total. The molecule has 0 aliphatic rings.